The molecule has 0 amide bonds. The lowest BCUT2D eigenvalue weighted by molar-refractivity contribution is 0.448. The zero-order valence-corrected chi connectivity index (χ0v) is 14.9. The minimum absolute atomic E-state index is 0.853. The van der Waals surface area contributed by atoms with Gasteiger partial charge in [-0.15, -0.1) is 0 Å². The van der Waals surface area contributed by atoms with Crippen molar-refractivity contribution in [2.24, 2.45) is 0 Å². The van der Waals surface area contributed by atoms with Crippen molar-refractivity contribution in [2.75, 3.05) is 0 Å². The van der Waals surface area contributed by atoms with Crippen LogP contribution in [0.25, 0.3) is 0 Å². The van der Waals surface area contributed by atoms with Crippen molar-refractivity contribution in [1.29, 1.82) is 0 Å². The van der Waals surface area contributed by atoms with Gasteiger partial charge in [-0.05, 0) is 43.0 Å². The van der Waals surface area contributed by atoms with Crippen LogP contribution in [0.3, 0.4) is 0 Å². The number of benzene rings is 2. The Labute approximate surface area is 118 Å². The normalized spacial score (nSPS) is 11.3. The summed E-state index contributed by atoms with van der Waals surface area (Å²) in [6.45, 7) is 6.54. The predicted octanol–water partition coefficient (Wildman–Crippen LogP) is 2.68. The fourth-order valence-corrected chi connectivity index (χ4v) is 3.13. The zero-order valence-electron chi connectivity index (χ0n) is 11.9. The number of hydrogen-bond acceptors (Lipinski definition) is 2. The summed E-state index contributed by atoms with van der Waals surface area (Å²) in [4.78, 5) is 0. The van der Waals surface area contributed by atoms with Gasteiger partial charge in [0.2, 0.25) is 8.32 Å². The third kappa shape index (κ3) is 3.97. The lowest BCUT2D eigenvalue weighted by Gasteiger charge is -2.22. The molecule has 0 N–H and O–H groups in total. The van der Waals surface area contributed by atoms with Crippen LogP contribution >= 0.6 is 0 Å². The molecule has 2 aromatic rings. The third-order valence-corrected chi connectivity index (χ3v) is 4.17. The Bertz CT molecular complexity index is 548. The molecule has 0 aliphatic heterocycles. The topological polar surface area (TPSA) is 18.5 Å². The van der Waals surface area contributed by atoms with Crippen molar-refractivity contribution in [2.45, 2.75) is 19.6 Å². The second-order valence-electron chi connectivity index (χ2n) is 5.53. The van der Waals surface area contributed by atoms with Crippen LogP contribution < -0.4 is 14.3 Å². The Morgan fingerprint density at radius 3 is 2.21 bits per heavy atom. The van der Waals surface area contributed by atoms with Crippen molar-refractivity contribution < 1.29 is 9.16 Å². The highest BCUT2D eigenvalue weighted by molar-refractivity contribution is 6.70. The van der Waals surface area contributed by atoms with Gasteiger partial charge in [0.25, 0.3) is 0 Å². The van der Waals surface area contributed by atoms with Gasteiger partial charge in [-0.3, -0.25) is 0 Å². The van der Waals surface area contributed by atoms with Gasteiger partial charge in [0.1, 0.15) is 11.5 Å². The summed E-state index contributed by atoms with van der Waals surface area (Å²) in [7, 11) is -0.697. The molecule has 0 atom stereocenters. The van der Waals surface area contributed by atoms with Crippen molar-refractivity contribution in [3.8, 4) is 17.2 Å². The highest BCUT2D eigenvalue weighted by Crippen LogP contribution is 2.30. The first-order chi connectivity index (χ1) is 8.96. The Kier molecular flexibility index (Phi) is 4.12. The fourth-order valence-electron chi connectivity index (χ4n) is 1.77. The lowest BCUT2D eigenvalue weighted by atomic mass is 10.3. The molecule has 4 heteroatoms. The Morgan fingerprint density at radius 2 is 1.58 bits per heavy atom. The first-order valence-corrected chi connectivity index (χ1v) is 10.9. The minimum atomic E-state index is -1.63. The van der Waals surface area contributed by atoms with E-state index in [0.29, 0.717) is 0 Å². The van der Waals surface area contributed by atoms with E-state index in [-0.39, 0.29) is 0 Å². The average Bonchev–Trinajstić information content (AvgIpc) is 2.33. The number of ether oxygens (including phenoxy) is 1. The van der Waals surface area contributed by atoms with Crippen molar-refractivity contribution >= 4 is 23.7 Å². The molecule has 100 valence electrons. The molecule has 2 rings (SSSR count). The number of hydrogen-bond donors (Lipinski definition) is 0. The molecule has 0 saturated carbocycles. The second kappa shape index (κ2) is 5.63. The quantitative estimate of drug-likeness (QED) is 0.805. The molecule has 0 aromatic heterocycles. The summed E-state index contributed by atoms with van der Waals surface area (Å²) < 4.78 is 12.1. The molecule has 0 aliphatic carbocycles. The van der Waals surface area contributed by atoms with Gasteiger partial charge >= 0.3 is 0 Å². The Hall–Kier alpha value is -1.53. The summed E-state index contributed by atoms with van der Waals surface area (Å²) in [6.07, 6.45) is 0. The van der Waals surface area contributed by atoms with Crippen molar-refractivity contribution in [3.05, 3.63) is 48.5 Å². The molecule has 0 unspecified atom stereocenters. The average molecular weight is 288 g/mol. The first-order valence-electron chi connectivity index (χ1n) is 6.47. The van der Waals surface area contributed by atoms with E-state index in [1.165, 1.54) is 5.19 Å². The standard InChI is InChI=1S/C15H20O2Si2/c1-19(2,3)17-13-10-7-11-14(18)15(13)16-12-8-5-4-6-9-12/h4-11H,1-3,18H3. The molecule has 0 heterocycles. The van der Waals surface area contributed by atoms with E-state index in [4.69, 9.17) is 9.16 Å². The van der Waals surface area contributed by atoms with E-state index in [1.807, 2.05) is 42.5 Å². The van der Waals surface area contributed by atoms with Crippen LogP contribution in [0.15, 0.2) is 48.5 Å². The van der Waals surface area contributed by atoms with Crippen molar-refractivity contribution in [1.82, 2.24) is 0 Å². The molecule has 2 aromatic carbocycles. The first kappa shape index (κ1) is 13.9. The molecule has 0 bridgehead atoms. The minimum Gasteiger partial charge on any atom is -0.542 e. The van der Waals surface area contributed by atoms with Crippen LogP contribution in [0.4, 0.5) is 0 Å². The molecule has 0 saturated heterocycles. The van der Waals surface area contributed by atoms with Gasteiger partial charge in [-0.1, -0.05) is 30.3 Å². The molecule has 0 fully saturated rings. The monoisotopic (exact) mass is 288 g/mol. The SMILES string of the molecule is C[Si](C)(C)Oc1cccc([SiH3])c1Oc1ccccc1. The van der Waals surface area contributed by atoms with Crippen LogP contribution in [0.1, 0.15) is 0 Å². The van der Waals surface area contributed by atoms with Crippen LogP contribution in [0.5, 0.6) is 17.2 Å². The van der Waals surface area contributed by atoms with Crippen LogP contribution in [0, 0.1) is 0 Å². The maximum absolute atomic E-state index is 6.12. The third-order valence-electron chi connectivity index (χ3n) is 2.56. The van der Waals surface area contributed by atoms with E-state index < -0.39 is 8.32 Å². The van der Waals surface area contributed by atoms with E-state index in [9.17, 15) is 0 Å². The summed E-state index contributed by atoms with van der Waals surface area (Å²) in [5.41, 5.74) is 0. The zero-order chi connectivity index (χ0) is 13.9. The van der Waals surface area contributed by atoms with Gasteiger partial charge in [0.15, 0.2) is 5.75 Å². The van der Waals surface area contributed by atoms with Gasteiger partial charge in [0, 0.05) is 10.2 Å². The summed E-state index contributed by atoms with van der Waals surface area (Å²) in [5.74, 6) is 2.60. The fraction of sp³-hybridized carbons (Fsp3) is 0.200. The summed E-state index contributed by atoms with van der Waals surface area (Å²) in [6, 6.07) is 16.0. The van der Waals surface area contributed by atoms with Gasteiger partial charge in [-0.2, -0.15) is 0 Å². The van der Waals surface area contributed by atoms with E-state index in [0.717, 1.165) is 27.5 Å². The molecule has 19 heavy (non-hydrogen) atoms. The number of rotatable bonds is 4. The molecular formula is C15H20O2Si2. The van der Waals surface area contributed by atoms with Crippen molar-refractivity contribution in [3.63, 3.8) is 0 Å². The maximum Gasteiger partial charge on any atom is 0.242 e. The Morgan fingerprint density at radius 1 is 0.895 bits per heavy atom. The number of para-hydroxylation sites is 2. The van der Waals surface area contributed by atoms with Crippen LogP contribution in [-0.4, -0.2) is 18.6 Å². The summed E-state index contributed by atoms with van der Waals surface area (Å²) in [5, 5.41) is 1.22. The van der Waals surface area contributed by atoms with E-state index >= 15 is 0 Å². The molecule has 2 nitrogen and oxygen atoms in total. The second-order valence-corrected chi connectivity index (χ2v) is 11.0. The van der Waals surface area contributed by atoms with Crippen LogP contribution in [0.2, 0.25) is 19.6 Å². The molecule has 0 radical (unpaired) electrons. The van der Waals surface area contributed by atoms with Crippen LogP contribution in [-0.2, 0) is 0 Å². The molecule has 0 aliphatic rings. The molecular weight excluding hydrogens is 268 g/mol. The highest BCUT2D eigenvalue weighted by atomic mass is 28.4. The smallest absolute Gasteiger partial charge is 0.242 e. The highest BCUT2D eigenvalue weighted by Gasteiger charge is 2.19. The Balaban J connectivity index is 2.33. The van der Waals surface area contributed by atoms with E-state index in [1.54, 1.807) is 0 Å². The molecule has 0 spiro atoms. The maximum atomic E-state index is 6.12. The summed E-state index contributed by atoms with van der Waals surface area (Å²) >= 11 is 0. The lowest BCUT2D eigenvalue weighted by Crippen LogP contribution is -2.30. The van der Waals surface area contributed by atoms with E-state index in [2.05, 4.69) is 25.7 Å². The van der Waals surface area contributed by atoms with Gasteiger partial charge in [-0.25, -0.2) is 0 Å². The predicted molar refractivity (Wildman–Crippen MR) is 86.5 cm³/mol. The van der Waals surface area contributed by atoms with Gasteiger partial charge in [0.05, 0.1) is 0 Å². The van der Waals surface area contributed by atoms with Gasteiger partial charge < -0.3 is 9.16 Å². The largest absolute Gasteiger partial charge is 0.542 e.